The number of benzene rings is 1. The molecule has 0 spiro atoms. The Morgan fingerprint density at radius 1 is 0.927 bits per heavy atom. The van der Waals surface area contributed by atoms with Gasteiger partial charge in [0.1, 0.15) is 12.6 Å². The summed E-state index contributed by atoms with van der Waals surface area (Å²) in [6.07, 6.45) is 17.7. The molecular formula is C36H60O5. The highest BCUT2D eigenvalue weighted by Crippen LogP contribution is 2.39. The molecule has 0 bridgehead atoms. The van der Waals surface area contributed by atoms with E-state index in [4.69, 9.17) is 14.6 Å². The van der Waals surface area contributed by atoms with Crippen molar-refractivity contribution >= 4 is 12.6 Å². The molecule has 0 atom stereocenters. The van der Waals surface area contributed by atoms with Gasteiger partial charge in [-0.25, -0.2) is 0 Å². The van der Waals surface area contributed by atoms with Gasteiger partial charge in [0.25, 0.3) is 0 Å². The molecule has 5 heteroatoms. The molecule has 41 heavy (non-hydrogen) atoms. The molecule has 1 fully saturated rings. The Morgan fingerprint density at radius 3 is 1.95 bits per heavy atom. The fourth-order valence-corrected chi connectivity index (χ4v) is 5.31. The molecule has 1 aromatic carbocycles. The first-order valence-corrected chi connectivity index (χ1v) is 15.8. The minimum absolute atomic E-state index is 0.218. The third-order valence-electron chi connectivity index (χ3n) is 8.10. The summed E-state index contributed by atoms with van der Waals surface area (Å²) in [5.74, 6) is 2.42. The predicted octanol–water partition coefficient (Wildman–Crippen LogP) is 8.22. The van der Waals surface area contributed by atoms with Crippen LogP contribution in [0.5, 0.6) is 0 Å². The molecule has 1 N–H and O–H groups in total. The number of allylic oxidation sites excluding steroid dienone is 1. The van der Waals surface area contributed by atoms with Crippen molar-refractivity contribution in [3.05, 3.63) is 59.2 Å². The maximum Gasteiger partial charge on any atom is 0.147 e. The summed E-state index contributed by atoms with van der Waals surface area (Å²) in [6.45, 7) is 14.6. The number of ether oxygens (including phenoxy) is 2. The first kappa shape index (κ1) is 38.9. The maximum absolute atomic E-state index is 9.64. The number of methoxy groups -OCH3 is 2. The summed E-state index contributed by atoms with van der Waals surface area (Å²) in [6, 6.07) is 7.44. The highest BCUT2D eigenvalue weighted by molar-refractivity contribution is 5.72. The van der Waals surface area contributed by atoms with Crippen LogP contribution in [0.2, 0.25) is 0 Å². The molecule has 0 radical (unpaired) electrons. The fourth-order valence-electron chi connectivity index (χ4n) is 5.31. The summed E-state index contributed by atoms with van der Waals surface area (Å²) in [5.41, 5.74) is 5.68. The van der Waals surface area contributed by atoms with E-state index in [1.54, 1.807) is 16.7 Å². The number of hydrogen-bond acceptors (Lipinski definition) is 5. The fraction of sp³-hybridized carbons (Fsp3) is 0.667. The van der Waals surface area contributed by atoms with Crippen LogP contribution in [-0.2, 0) is 31.9 Å². The Balaban J connectivity index is 0.00000111. The van der Waals surface area contributed by atoms with Crippen LogP contribution in [0.25, 0.3) is 0 Å². The van der Waals surface area contributed by atoms with Crippen LogP contribution in [0.1, 0.15) is 114 Å². The highest BCUT2D eigenvalue weighted by atomic mass is 16.5. The number of carbonyl (C=O) groups is 2. The Kier molecular flexibility index (Phi) is 24.3. The second-order valence-corrected chi connectivity index (χ2v) is 11.3. The number of hydrogen-bond donors (Lipinski definition) is 1. The van der Waals surface area contributed by atoms with Gasteiger partial charge in [-0.3, -0.25) is 9.59 Å². The zero-order valence-electron chi connectivity index (χ0n) is 26.9. The number of rotatable bonds is 18. The lowest BCUT2D eigenvalue weighted by Gasteiger charge is -2.31. The molecule has 1 aromatic rings. The summed E-state index contributed by atoms with van der Waals surface area (Å²) >= 11 is 0. The smallest absolute Gasteiger partial charge is 0.147 e. The monoisotopic (exact) mass is 572 g/mol. The normalized spacial score (nSPS) is 16.2. The van der Waals surface area contributed by atoms with Crippen LogP contribution >= 0.6 is 0 Å². The SMILES string of the molecule is C=C(C=O)CC.C=C(C=O)CO.CCCCCc1ccc(C2CCC(CC(CCOC)CCOC)CC2)cc1CC. The molecule has 0 unspecified atom stereocenters. The molecule has 1 aliphatic rings. The second kappa shape index (κ2) is 25.6. The van der Waals surface area contributed by atoms with Crippen LogP contribution in [0.15, 0.2) is 42.5 Å². The lowest BCUT2D eigenvalue weighted by Crippen LogP contribution is -2.18. The van der Waals surface area contributed by atoms with Crippen molar-refractivity contribution in [3.8, 4) is 0 Å². The number of carbonyl (C=O) groups excluding carboxylic acids is 2. The Bertz CT molecular complexity index is 810. The van der Waals surface area contributed by atoms with Crippen LogP contribution < -0.4 is 0 Å². The van der Waals surface area contributed by atoms with Crippen LogP contribution in [0.3, 0.4) is 0 Å². The van der Waals surface area contributed by atoms with Crippen molar-refractivity contribution < 1.29 is 24.2 Å². The van der Waals surface area contributed by atoms with Crippen molar-refractivity contribution in [3.63, 3.8) is 0 Å². The quantitative estimate of drug-likeness (QED) is 0.109. The van der Waals surface area contributed by atoms with Gasteiger partial charge < -0.3 is 14.6 Å². The first-order chi connectivity index (χ1) is 19.8. The van der Waals surface area contributed by atoms with Gasteiger partial charge in [-0.15, -0.1) is 0 Å². The first-order valence-electron chi connectivity index (χ1n) is 15.8. The van der Waals surface area contributed by atoms with E-state index < -0.39 is 0 Å². The number of aldehydes is 2. The van der Waals surface area contributed by atoms with Crippen LogP contribution in [0.4, 0.5) is 0 Å². The molecule has 2 rings (SSSR count). The van der Waals surface area contributed by atoms with E-state index in [1.807, 2.05) is 21.1 Å². The minimum Gasteiger partial charge on any atom is -0.392 e. The van der Waals surface area contributed by atoms with E-state index in [-0.39, 0.29) is 12.2 Å². The minimum atomic E-state index is -0.233. The second-order valence-electron chi connectivity index (χ2n) is 11.3. The number of aliphatic hydroxyl groups excluding tert-OH is 1. The Hall–Kier alpha value is -2.08. The number of unbranched alkanes of at least 4 members (excludes halogenated alkanes) is 2. The largest absolute Gasteiger partial charge is 0.392 e. The Morgan fingerprint density at radius 2 is 1.54 bits per heavy atom. The Labute approximate surface area is 251 Å². The maximum atomic E-state index is 9.64. The van der Waals surface area contributed by atoms with Crippen molar-refractivity contribution in [1.29, 1.82) is 0 Å². The van der Waals surface area contributed by atoms with Crippen molar-refractivity contribution in [2.45, 2.75) is 110 Å². The molecule has 1 saturated carbocycles. The molecule has 0 aliphatic heterocycles. The van der Waals surface area contributed by atoms with E-state index >= 15 is 0 Å². The van der Waals surface area contributed by atoms with E-state index in [2.05, 4.69) is 45.2 Å². The van der Waals surface area contributed by atoms with Crippen molar-refractivity contribution in [2.75, 3.05) is 34.0 Å². The molecule has 5 nitrogen and oxygen atoms in total. The highest BCUT2D eigenvalue weighted by Gasteiger charge is 2.25. The molecule has 0 saturated heterocycles. The van der Waals surface area contributed by atoms with Gasteiger partial charge in [-0.05, 0) is 111 Å². The molecule has 1 aliphatic carbocycles. The van der Waals surface area contributed by atoms with Crippen LogP contribution in [0, 0.1) is 11.8 Å². The van der Waals surface area contributed by atoms with Gasteiger partial charge in [0.2, 0.25) is 0 Å². The third kappa shape index (κ3) is 18.1. The third-order valence-corrected chi connectivity index (χ3v) is 8.10. The number of aryl methyl sites for hydroxylation is 2. The zero-order chi connectivity index (χ0) is 30.9. The summed E-state index contributed by atoms with van der Waals surface area (Å²) in [7, 11) is 3.64. The zero-order valence-corrected chi connectivity index (χ0v) is 26.9. The van der Waals surface area contributed by atoms with Crippen molar-refractivity contribution in [2.24, 2.45) is 11.8 Å². The lowest BCUT2D eigenvalue weighted by molar-refractivity contribution is -0.105. The molecule has 0 aromatic heterocycles. The van der Waals surface area contributed by atoms with Crippen LogP contribution in [-0.4, -0.2) is 51.7 Å². The van der Waals surface area contributed by atoms with Gasteiger partial charge in [-0.2, -0.15) is 0 Å². The van der Waals surface area contributed by atoms with Gasteiger partial charge in [0.15, 0.2) is 0 Å². The lowest BCUT2D eigenvalue weighted by atomic mass is 9.74. The topological polar surface area (TPSA) is 72.8 Å². The summed E-state index contributed by atoms with van der Waals surface area (Å²) in [5, 5.41) is 8.00. The van der Waals surface area contributed by atoms with Gasteiger partial charge >= 0.3 is 0 Å². The summed E-state index contributed by atoms with van der Waals surface area (Å²) in [4.78, 5) is 19.1. The number of aliphatic hydroxyl groups is 1. The summed E-state index contributed by atoms with van der Waals surface area (Å²) < 4.78 is 10.7. The van der Waals surface area contributed by atoms with E-state index in [1.165, 1.54) is 77.0 Å². The van der Waals surface area contributed by atoms with Gasteiger partial charge in [0.05, 0.1) is 6.61 Å². The van der Waals surface area contributed by atoms with E-state index in [0.717, 1.165) is 43.7 Å². The van der Waals surface area contributed by atoms with E-state index in [0.29, 0.717) is 11.9 Å². The van der Waals surface area contributed by atoms with E-state index in [9.17, 15) is 9.59 Å². The van der Waals surface area contributed by atoms with Gasteiger partial charge in [-0.1, -0.05) is 65.0 Å². The molecule has 0 amide bonds. The molecule has 234 valence electrons. The standard InChI is InChI=1S/C27H46O2.C5H8O.C4H6O2/c1-5-7-8-9-25-14-15-27(21-24(25)6-2)26-12-10-22(11-13-26)20-23(16-18-28-3)17-19-29-4;1-3-5(2)4-6;1-4(2-5)3-6/h14-15,21-23,26H,5-13,16-20H2,1-4H3;4H,2-3H2,1H3;2,6H,1,3H2. The predicted molar refractivity (Wildman–Crippen MR) is 173 cm³/mol. The van der Waals surface area contributed by atoms with Gasteiger partial charge in [0, 0.05) is 33.0 Å². The molecule has 0 heterocycles. The van der Waals surface area contributed by atoms with Crippen molar-refractivity contribution in [1.82, 2.24) is 0 Å². The average Bonchev–Trinajstić information content (AvgIpc) is 3.02. The molecular weight excluding hydrogens is 512 g/mol. The average molecular weight is 573 g/mol.